The molecule has 0 fully saturated rings. The van der Waals surface area contributed by atoms with Crippen LogP contribution in [0.3, 0.4) is 0 Å². The molecular weight excluding hydrogens is 481 g/mol. The minimum absolute atomic E-state index is 0.0294. The molecule has 0 amide bonds. The van der Waals surface area contributed by atoms with E-state index in [1.54, 1.807) is 0 Å². The third kappa shape index (κ3) is 25.2. The number of nitrogens with zero attached hydrogens (tertiary/aromatic N) is 1. The molecule has 0 aliphatic rings. The Hall–Kier alpha value is -0.500. The van der Waals surface area contributed by atoms with Gasteiger partial charge in [0.1, 0.15) is 19.3 Å². The zero-order valence-electron chi connectivity index (χ0n) is 24.0. The van der Waals surface area contributed by atoms with E-state index < -0.39 is 13.9 Å². The first-order valence-electron chi connectivity index (χ1n) is 14.3. The predicted molar refractivity (Wildman–Crippen MR) is 144 cm³/mol. The van der Waals surface area contributed by atoms with Crippen molar-refractivity contribution in [2.75, 3.05) is 54.1 Å². The van der Waals surface area contributed by atoms with Crippen LogP contribution in [-0.4, -0.2) is 70.7 Å². The number of phosphoric acid groups is 1. The van der Waals surface area contributed by atoms with Crippen molar-refractivity contribution in [3.8, 4) is 0 Å². The first-order chi connectivity index (χ1) is 17.1. The fourth-order valence-electron chi connectivity index (χ4n) is 3.60. The van der Waals surface area contributed by atoms with Crippen LogP contribution in [-0.2, 0) is 27.9 Å². The van der Waals surface area contributed by atoms with Crippen molar-refractivity contribution in [3.05, 3.63) is 0 Å². The van der Waals surface area contributed by atoms with Gasteiger partial charge in [-0.2, -0.15) is 0 Å². The average Bonchev–Trinajstić information content (AvgIpc) is 2.79. The topological polar surface area (TPSA) is 94.1 Å². The molecular formula is C27H56NO7P. The van der Waals surface area contributed by atoms with E-state index in [9.17, 15) is 14.3 Å². The number of esters is 1. The maximum Gasteiger partial charge on any atom is 0.306 e. The second-order valence-corrected chi connectivity index (χ2v) is 12.2. The maximum absolute atomic E-state index is 12.3. The highest BCUT2D eigenvalue weighted by molar-refractivity contribution is 7.45. The van der Waals surface area contributed by atoms with E-state index in [-0.39, 0.29) is 25.8 Å². The van der Waals surface area contributed by atoms with Crippen molar-refractivity contribution in [1.82, 2.24) is 0 Å². The SMILES string of the molecule is CCCCCCCCCCCOCC(COP(=O)([O-])OCC[N+](C)(C)C)OC(=O)CCCCCCC. The lowest BCUT2D eigenvalue weighted by Gasteiger charge is -2.28. The van der Waals surface area contributed by atoms with E-state index >= 15 is 0 Å². The van der Waals surface area contributed by atoms with Crippen LogP contribution in [0.25, 0.3) is 0 Å². The summed E-state index contributed by atoms with van der Waals surface area (Å²) >= 11 is 0. The zero-order valence-corrected chi connectivity index (χ0v) is 24.9. The van der Waals surface area contributed by atoms with Gasteiger partial charge in [0.2, 0.25) is 0 Å². The van der Waals surface area contributed by atoms with Crippen molar-refractivity contribution < 1.29 is 37.3 Å². The van der Waals surface area contributed by atoms with E-state index in [2.05, 4.69) is 13.8 Å². The lowest BCUT2D eigenvalue weighted by Crippen LogP contribution is -2.37. The van der Waals surface area contributed by atoms with Crippen molar-refractivity contribution >= 4 is 13.8 Å². The number of phosphoric ester groups is 1. The molecule has 2 atom stereocenters. The summed E-state index contributed by atoms with van der Waals surface area (Å²) in [5.41, 5.74) is 0. The Balaban J connectivity index is 4.37. The number of hydrogen-bond acceptors (Lipinski definition) is 7. The molecule has 0 aliphatic heterocycles. The van der Waals surface area contributed by atoms with Crippen molar-refractivity contribution in [2.45, 2.75) is 116 Å². The molecule has 36 heavy (non-hydrogen) atoms. The van der Waals surface area contributed by atoms with Gasteiger partial charge in [0.25, 0.3) is 7.82 Å². The number of rotatable bonds is 26. The summed E-state index contributed by atoms with van der Waals surface area (Å²) < 4.78 is 33.9. The largest absolute Gasteiger partial charge is 0.756 e. The summed E-state index contributed by atoms with van der Waals surface area (Å²) in [5, 5.41) is 0. The van der Waals surface area contributed by atoms with Crippen LogP contribution in [0, 0.1) is 0 Å². The fourth-order valence-corrected chi connectivity index (χ4v) is 4.33. The Labute approximate surface area is 221 Å². The molecule has 0 aromatic heterocycles. The van der Waals surface area contributed by atoms with E-state index in [0.717, 1.165) is 44.9 Å². The summed E-state index contributed by atoms with van der Waals surface area (Å²) in [4.78, 5) is 24.4. The lowest BCUT2D eigenvalue weighted by atomic mass is 10.1. The van der Waals surface area contributed by atoms with Crippen LogP contribution in [0.15, 0.2) is 0 Å². The number of ether oxygens (including phenoxy) is 2. The maximum atomic E-state index is 12.3. The van der Waals surface area contributed by atoms with Gasteiger partial charge in [-0.15, -0.1) is 0 Å². The highest BCUT2D eigenvalue weighted by Crippen LogP contribution is 2.38. The van der Waals surface area contributed by atoms with E-state index in [1.807, 2.05) is 21.1 Å². The van der Waals surface area contributed by atoms with Crippen LogP contribution in [0.4, 0.5) is 0 Å². The molecule has 0 aliphatic carbocycles. The quantitative estimate of drug-likeness (QED) is 0.0577. The van der Waals surface area contributed by atoms with Crippen molar-refractivity contribution in [3.63, 3.8) is 0 Å². The molecule has 0 spiro atoms. The molecule has 0 rings (SSSR count). The molecule has 2 unspecified atom stereocenters. The van der Waals surface area contributed by atoms with Gasteiger partial charge >= 0.3 is 5.97 Å². The molecule has 9 heteroatoms. The Morgan fingerprint density at radius 3 is 1.83 bits per heavy atom. The second kappa shape index (κ2) is 22.5. The Morgan fingerprint density at radius 2 is 1.28 bits per heavy atom. The number of carbonyl (C=O) groups is 1. The summed E-state index contributed by atoms with van der Waals surface area (Å²) in [5.74, 6) is -0.349. The third-order valence-electron chi connectivity index (χ3n) is 5.91. The van der Waals surface area contributed by atoms with Gasteiger partial charge < -0.3 is 27.9 Å². The molecule has 0 heterocycles. The summed E-state index contributed by atoms with van der Waals surface area (Å²) in [6.45, 7) is 5.29. The Bertz CT molecular complexity index is 569. The molecule has 0 saturated heterocycles. The fraction of sp³-hybridized carbons (Fsp3) is 0.963. The van der Waals surface area contributed by atoms with Gasteiger partial charge in [-0.25, -0.2) is 0 Å². The van der Waals surface area contributed by atoms with Gasteiger partial charge in [0.15, 0.2) is 0 Å². The number of carbonyl (C=O) groups excluding carboxylic acids is 1. The minimum Gasteiger partial charge on any atom is -0.756 e. The first kappa shape index (κ1) is 35.5. The predicted octanol–water partition coefficient (Wildman–Crippen LogP) is 6.01. The monoisotopic (exact) mass is 537 g/mol. The highest BCUT2D eigenvalue weighted by Gasteiger charge is 2.20. The van der Waals surface area contributed by atoms with Gasteiger partial charge in [0, 0.05) is 13.0 Å². The Morgan fingerprint density at radius 1 is 0.750 bits per heavy atom. The Kier molecular flexibility index (Phi) is 22.2. The van der Waals surface area contributed by atoms with Gasteiger partial charge in [-0.1, -0.05) is 90.9 Å². The van der Waals surface area contributed by atoms with Crippen molar-refractivity contribution in [2.24, 2.45) is 0 Å². The van der Waals surface area contributed by atoms with Crippen LogP contribution >= 0.6 is 7.82 Å². The van der Waals surface area contributed by atoms with E-state index in [0.29, 0.717) is 24.1 Å². The van der Waals surface area contributed by atoms with E-state index in [1.165, 1.54) is 44.9 Å². The molecule has 0 saturated carbocycles. The molecule has 0 aromatic rings. The van der Waals surface area contributed by atoms with Crippen molar-refractivity contribution in [1.29, 1.82) is 0 Å². The number of quaternary nitrogens is 1. The molecule has 216 valence electrons. The van der Waals surface area contributed by atoms with Crippen LogP contribution in [0.5, 0.6) is 0 Å². The normalized spacial score (nSPS) is 14.5. The summed E-state index contributed by atoms with van der Waals surface area (Å²) in [7, 11) is 1.36. The van der Waals surface area contributed by atoms with Crippen LogP contribution in [0.1, 0.15) is 110 Å². The summed E-state index contributed by atoms with van der Waals surface area (Å²) in [6, 6.07) is 0. The lowest BCUT2D eigenvalue weighted by molar-refractivity contribution is -0.870. The number of likely N-dealkylation sites (N-methyl/N-ethyl adjacent to an activating group) is 1. The van der Waals surface area contributed by atoms with Gasteiger partial charge in [-0.05, 0) is 12.8 Å². The number of hydrogen-bond donors (Lipinski definition) is 0. The summed E-state index contributed by atoms with van der Waals surface area (Å²) in [6.07, 6.45) is 15.7. The van der Waals surface area contributed by atoms with E-state index in [4.69, 9.17) is 18.5 Å². The van der Waals surface area contributed by atoms with Crippen LogP contribution in [0.2, 0.25) is 0 Å². The molecule has 8 nitrogen and oxygen atoms in total. The first-order valence-corrected chi connectivity index (χ1v) is 15.7. The molecule has 0 N–H and O–H groups in total. The minimum atomic E-state index is -4.48. The van der Waals surface area contributed by atoms with Gasteiger partial charge in [-0.3, -0.25) is 9.36 Å². The number of unbranched alkanes of at least 4 members (excludes halogenated alkanes) is 12. The van der Waals surface area contributed by atoms with Gasteiger partial charge in [0.05, 0.1) is 34.4 Å². The average molecular weight is 538 g/mol. The molecule has 0 radical (unpaired) electrons. The second-order valence-electron chi connectivity index (χ2n) is 10.8. The zero-order chi connectivity index (χ0) is 27.1. The standard InChI is InChI=1S/C27H56NO7P/c1-6-8-10-12-13-14-15-17-19-22-32-24-26(35-27(29)20-18-16-11-9-7-2)25-34-36(30,31)33-23-21-28(3,4)5/h26H,6-25H2,1-5H3. The smallest absolute Gasteiger partial charge is 0.306 e. The highest BCUT2D eigenvalue weighted by atomic mass is 31.2. The third-order valence-corrected chi connectivity index (χ3v) is 6.87. The molecule has 0 bridgehead atoms. The molecule has 0 aromatic carbocycles. The van der Waals surface area contributed by atoms with Crippen LogP contribution < -0.4 is 4.89 Å².